The van der Waals surface area contributed by atoms with Gasteiger partial charge in [0.15, 0.2) is 5.96 Å². The lowest BCUT2D eigenvalue weighted by molar-refractivity contribution is 0.500. The lowest BCUT2D eigenvalue weighted by Crippen LogP contribution is -2.47. The second kappa shape index (κ2) is 7.62. The zero-order chi connectivity index (χ0) is 15.2. The molecule has 0 radical (unpaired) electrons. The molecule has 20 heavy (non-hydrogen) atoms. The van der Waals surface area contributed by atoms with Crippen LogP contribution in [0.4, 0.5) is 4.39 Å². The normalized spacial score (nSPS) is 12.4. The fraction of sp³-hybridized carbons (Fsp3) is 0.533. The summed E-state index contributed by atoms with van der Waals surface area (Å²) in [4.78, 5) is 4.16. The number of rotatable bonds is 4. The van der Waals surface area contributed by atoms with Gasteiger partial charge in [-0.15, -0.1) is 0 Å². The second-order valence-corrected chi connectivity index (χ2v) is 6.63. The SMILES string of the molecule is CN=C(NCCCc1ccc(Br)cc1F)NC(C)(C)C. The van der Waals surface area contributed by atoms with Crippen LogP contribution in [0.2, 0.25) is 0 Å². The van der Waals surface area contributed by atoms with E-state index in [-0.39, 0.29) is 11.4 Å². The molecule has 0 aliphatic heterocycles. The molecule has 0 atom stereocenters. The summed E-state index contributed by atoms with van der Waals surface area (Å²) in [7, 11) is 1.75. The highest BCUT2D eigenvalue weighted by atomic mass is 79.9. The third-order valence-corrected chi connectivity index (χ3v) is 3.14. The van der Waals surface area contributed by atoms with E-state index in [0.29, 0.717) is 6.42 Å². The summed E-state index contributed by atoms with van der Waals surface area (Å²) in [5.74, 6) is 0.616. The molecule has 0 saturated carbocycles. The molecule has 3 nitrogen and oxygen atoms in total. The van der Waals surface area contributed by atoms with Gasteiger partial charge in [-0.3, -0.25) is 4.99 Å². The number of nitrogens with zero attached hydrogens (tertiary/aromatic N) is 1. The minimum atomic E-state index is -0.156. The highest BCUT2D eigenvalue weighted by molar-refractivity contribution is 9.10. The zero-order valence-corrected chi connectivity index (χ0v) is 14.1. The average Bonchev–Trinajstić information content (AvgIpc) is 2.33. The van der Waals surface area contributed by atoms with E-state index in [1.54, 1.807) is 7.05 Å². The quantitative estimate of drug-likeness (QED) is 0.498. The van der Waals surface area contributed by atoms with Crippen LogP contribution >= 0.6 is 15.9 Å². The molecule has 5 heteroatoms. The zero-order valence-electron chi connectivity index (χ0n) is 12.6. The number of hydrogen-bond donors (Lipinski definition) is 2. The van der Waals surface area contributed by atoms with Crippen LogP contribution in [0.15, 0.2) is 27.7 Å². The van der Waals surface area contributed by atoms with Gasteiger partial charge in [0, 0.05) is 23.6 Å². The van der Waals surface area contributed by atoms with Crippen LogP contribution in [-0.4, -0.2) is 25.1 Å². The van der Waals surface area contributed by atoms with E-state index in [1.807, 2.05) is 12.1 Å². The van der Waals surface area contributed by atoms with Crippen LogP contribution in [0.1, 0.15) is 32.8 Å². The maximum Gasteiger partial charge on any atom is 0.191 e. The van der Waals surface area contributed by atoms with Gasteiger partial charge in [-0.1, -0.05) is 22.0 Å². The van der Waals surface area contributed by atoms with E-state index >= 15 is 0 Å². The van der Waals surface area contributed by atoms with Crippen LogP contribution in [0.25, 0.3) is 0 Å². The van der Waals surface area contributed by atoms with Gasteiger partial charge in [0.1, 0.15) is 5.82 Å². The Balaban J connectivity index is 2.37. The monoisotopic (exact) mass is 343 g/mol. The minimum absolute atomic E-state index is 0.0281. The Morgan fingerprint density at radius 2 is 2.05 bits per heavy atom. The number of aryl methyl sites for hydroxylation is 1. The van der Waals surface area contributed by atoms with Crippen molar-refractivity contribution in [2.75, 3.05) is 13.6 Å². The Bertz CT molecular complexity index is 467. The van der Waals surface area contributed by atoms with Crippen molar-refractivity contribution in [3.8, 4) is 0 Å². The summed E-state index contributed by atoms with van der Waals surface area (Å²) < 4.78 is 14.4. The van der Waals surface area contributed by atoms with E-state index < -0.39 is 0 Å². The topological polar surface area (TPSA) is 36.4 Å². The standard InChI is InChI=1S/C15H23BrFN3/c1-15(2,3)20-14(18-4)19-9-5-6-11-7-8-12(16)10-13(11)17/h7-8,10H,5-6,9H2,1-4H3,(H2,18,19,20). The van der Waals surface area contributed by atoms with Crippen LogP contribution in [0.5, 0.6) is 0 Å². The molecule has 0 bridgehead atoms. The summed E-state index contributed by atoms with van der Waals surface area (Å²) in [5, 5.41) is 6.52. The molecule has 0 aliphatic rings. The number of halogens is 2. The van der Waals surface area contributed by atoms with Crippen LogP contribution in [0, 0.1) is 5.82 Å². The van der Waals surface area contributed by atoms with Gasteiger partial charge in [-0.25, -0.2) is 4.39 Å². The summed E-state index contributed by atoms with van der Waals surface area (Å²) in [6.07, 6.45) is 1.56. The third-order valence-electron chi connectivity index (χ3n) is 2.65. The Hall–Kier alpha value is -1.10. The molecule has 0 heterocycles. The van der Waals surface area contributed by atoms with E-state index in [1.165, 1.54) is 6.07 Å². The van der Waals surface area contributed by atoms with Crippen LogP contribution < -0.4 is 10.6 Å². The van der Waals surface area contributed by atoms with Gasteiger partial charge in [0.25, 0.3) is 0 Å². The highest BCUT2D eigenvalue weighted by Gasteiger charge is 2.11. The Morgan fingerprint density at radius 3 is 2.60 bits per heavy atom. The molecule has 0 spiro atoms. The summed E-state index contributed by atoms with van der Waals surface area (Å²) in [6.45, 7) is 7.00. The van der Waals surface area contributed by atoms with E-state index in [2.05, 4.69) is 52.3 Å². The van der Waals surface area contributed by atoms with Crippen molar-refractivity contribution < 1.29 is 4.39 Å². The largest absolute Gasteiger partial charge is 0.356 e. The maximum atomic E-state index is 13.6. The molecule has 0 aliphatic carbocycles. The van der Waals surface area contributed by atoms with Gasteiger partial charge in [0.05, 0.1) is 0 Å². The molecule has 0 amide bonds. The molecule has 1 rings (SSSR count). The number of hydrogen-bond acceptors (Lipinski definition) is 1. The Kier molecular flexibility index (Phi) is 6.46. The van der Waals surface area contributed by atoms with Gasteiger partial charge in [-0.05, 0) is 51.3 Å². The molecular weight excluding hydrogens is 321 g/mol. The average molecular weight is 344 g/mol. The first-order chi connectivity index (χ1) is 9.31. The van der Waals surface area contributed by atoms with Crippen molar-refractivity contribution in [3.63, 3.8) is 0 Å². The molecular formula is C15H23BrFN3. The molecule has 1 aromatic carbocycles. The fourth-order valence-electron chi connectivity index (χ4n) is 1.74. The smallest absolute Gasteiger partial charge is 0.191 e. The van der Waals surface area contributed by atoms with Gasteiger partial charge < -0.3 is 10.6 Å². The maximum absolute atomic E-state index is 13.6. The molecule has 0 aromatic heterocycles. The molecule has 1 aromatic rings. The van der Waals surface area contributed by atoms with E-state index in [9.17, 15) is 4.39 Å². The number of nitrogens with one attached hydrogen (secondary N) is 2. The van der Waals surface area contributed by atoms with Crippen molar-refractivity contribution in [2.45, 2.75) is 39.2 Å². The van der Waals surface area contributed by atoms with E-state index in [0.717, 1.165) is 29.0 Å². The van der Waals surface area contributed by atoms with Crippen molar-refractivity contribution >= 4 is 21.9 Å². The van der Waals surface area contributed by atoms with Crippen LogP contribution in [-0.2, 0) is 6.42 Å². The highest BCUT2D eigenvalue weighted by Crippen LogP contribution is 2.16. The molecule has 0 saturated heterocycles. The number of aliphatic imine (C=N–C) groups is 1. The number of guanidine groups is 1. The van der Waals surface area contributed by atoms with Crippen molar-refractivity contribution in [1.29, 1.82) is 0 Å². The lowest BCUT2D eigenvalue weighted by Gasteiger charge is -2.23. The van der Waals surface area contributed by atoms with Crippen molar-refractivity contribution in [2.24, 2.45) is 4.99 Å². The predicted molar refractivity (Wildman–Crippen MR) is 86.7 cm³/mol. The first-order valence-corrected chi connectivity index (χ1v) is 7.54. The Morgan fingerprint density at radius 1 is 1.35 bits per heavy atom. The van der Waals surface area contributed by atoms with Crippen molar-refractivity contribution in [1.82, 2.24) is 10.6 Å². The summed E-state index contributed by atoms with van der Waals surface area (Å²) >= 11 is 3.26. The fourth-order valence-corrected chi connectivity index (χ4v) is 2.08. The first kappa shape index (κ1) is 17.0. The molecule has 112 valence electrons. The van der Waals surface area contributed by atoms with E-state index in [4.69, 9.17) is 0 Å². The van der Waals surface area contributed by atoms with Gasteiger partial charge >= 0.3 is 0 Å². The van der Waals surface area contributed by atoms with Crippen molar-refractivity contribution in [3.05, 3.63) is 34.1 Å². The minimum Gasteiger partial charge on any atom is -0.356 e. The van der Waals surface area contributed by atoms with Gasteiger partial charge in [0.2, 0.25) is 0 Å². The van der Waals surface area contributed by atoms with Crippen LogP contribution in [0.3, 0.4) is 0 Å². The summed E-state index contributed by atoms with van der Waals surface area (Å²) in [5.41, 5.74) is 0.716. The molecule has 0 fully saturated rings. The Labute approximate surface area is 129 Å². The molecule has 0 unspecified atom stereocenters. The lowest BCUT2D eigenvalue weighted by atomic mass is 10.1. The van der Waals surface area contributed by atoms with Gasteiger partial charge in [-0.2, -0.15) is 0 Å². The predicted octanol–water partition coefficient (Wildman–Crippen LogP) is 3.48. The third kappa shape index (κ3) is 6.37. The molecule has 2 N–H and O–H groups in total. The summed E-state index contributed by atoms with van der Waals surface area (Å²) in [6, 6.07) is 5.19. The first-order valence-electron chi connectivity index (χ1n) is 6.74. The second-order valence-electron chi connectivity index (χ2n) is 5.71. The number of benzene rings is 1.